The zero-order chi connectivity index (χ0) is 12.8. The van der Waals surface area contributed by atoms with Gasteiger partial charge in [0, 0.05) is 11.4 Å². The molecule has 0 aliphatic rings. The van der Waals surface area contributed by atoms with Crippen molar-refractivity contribution < 1.29 is 0 Å². The Morgan fingerprint density at radius 3 is 2.56 bits per heavy atom. The minimum absolute atomic E-state index is 0.958. The number of unbranched alkanes of at least 4 members (excludes halogenated alkanes) is 1. The van der Waals surface area contributed by atoms with Gasteiger partial charge in [-0.1, -0.05) is 37.6 Å². The fourth-order valence-electron chi connectivity index (χ4n) is 2.04. The van der Waals surface area contributed by atoms with E-state index < -0.39 is 0 Å². The number of thiophene rings is 1. The molecular formula is C16H21NS. The van der Waals surface area contributed by atoms with E-state index in [0.29, 0.717) is 0 Å². The van der Waals surface area contributed by atoms with Gasteiger partial charge in [-0.05, 0) is 48.0 Å². The smallest absolute Gasteiger partial charge is 0.0296 e. The molecular weight excluding hydrogens is 238 g/mol. The van der Waals surface area contributed by atoms with E-state index in [-0.39, 0.29) is 0 Å². The van der Waals surface area contributed by atoms with Crippen LogP contribution >= 0.6 is 11.3 Å². The third kappa shape index (κ3) is 3.44. The van der Waals surface area contributed by atoms with Crippen LogP contribution < -0.4 is 5.32 Å². The van der Waals surface area contributed by atoms with E-state index in [0.717, 1.165) is 6.54 Å². The fourth-order valence-corrected chi connectivity index (χ4v) is 2.95. The first-order chi connectivity index (χ1) is 8.83. The number of hydrogen-bond donors (Lipinski definition) is 1. The first kappa shape index (κ1) is 13.3. The summed E-state index contributed by atoms with van der Waals surface area (Å²) in [6.07, 6.45) is 3.75. The van der Waals surface area contributed by atoms with Crippen LogP contribution in [0, 0.1) is 0 Å². The van der Waals surface area contributed by atoms with E-state index in [2.05, 4.69) is 48.0 Å². The largest absolute Gasteiger partial charge is 0.315 e. The molecule has 0 amide bonds. The molecule has 1 aromatic carbocycles. The van der Waals surface area contributed by atoms with Crippen LogP contribution in [0.15, 0.2) is 35.7 Å². The third-order valence-corrected chi connectivity index (χ3v) is 4.05. The minimum Gasteiger partial charge on any atom is -0.315 e. The van der Waals surface area contributed by atoms with Gasteiger partial charge >= 0.3 is 0 Å². The molecule has 0 unspecified atom stereocenters. The highest BCUT2D eigenvalue weighted by atomic mass is 32.1. The Morgan fingerprint density at radius 1 is 1.11 bits per heavy atom. The Morgan fingerprint density at radius 2 is 1.89 bits per heavy atom. The lowest BCUT2D eigenvalue weighted by atomic mass is 10.0. The Balaban J connectivity index is 2.07. The Kier molecular flexibility index (Phi) is 4.97. The second-order valence-corrected chi connectivity index (χ2v) is 5.63. The Hall–Kier alpha value is -1.12. The maximum Gasteiger partial charge on any atom is 0.0296 e. The van der Waals surface area contributed by atoms with Crippen molar-refractivity contribution >= 4 is 11.3 Å². The van der Waals surface area contributed by atoms with Crippen LogP contribution in [0.25, 0.3) is 11.1 Å². The normalized spacial score (nSPS) is 10.8. The molecule has 0 saturated carbocycles. The van der Waals surface area contributed by atoms with Crippen LogP contribution in [0.4, 0.5) is 0 Å². The number of nitrogens with one attached hydrogen (secondary N) is 1. The molecule has 96 valence electrons. The van der Waals surface area contributed by atoms with Gasteiger partial charge in [0.05, 0.1) is 0 Å². The fraction of sp³-hybridized carbons (Fsp3) is 0.375. The van der Waals surface area contributed by atoms with Crippen LogP contribution in [0.1, 0.15) is 30.2 Å². The van der Waals surface area contributed by atoms with Gasteiger partial charge in [-0.3, -0.25) is 0 Å². The number of rotatable bonds is 6. The molecule has 1 heterocycles. The lowest BCUT2D eigenvalue weighted by Gasteiger charge is -2.02. The van der Waals surface area contributed by atoms with Gasteiger partial charge in [-0.25, -0.2) is 0 Å². The van der Waals surface area contributed by atoms with Crippen molar-refractivity contribution in [3.8, 4) is 11.1 Å². The molecule has 18 heavy (non-hydrogen) atoms. The number of benzene rings is 1. The van der Waals surface area contributed by atoms with E-state index in [1.165, 1.54) is 40.8 Å². The highest BCUT2D eigenvalue weighted by Gasteiger charge is 2.02. The van der Waals surface area contributed by atoms with Gasteiger partial charge in [-0.2, -0.15) is 0 Å². The van der Waals surface area contributed by atoms with Crippen molar-refractivity contribution in [1.82, 2.24) is 5.32 Å². The van der Waals surface area contributed by atoms with Crippen molar-refractivity contribution in [2.75, 3.05) is 7.05 Å². The predicted octanol–water partition coefficient (Wildman–Crippen LogP) is 4.48. The van der Waals surface area contributed by atoms with Crippen molar-refractivity contribution in [2.45, 2.75) is 32.7 Å². The molecule has 0 bridgehead atoms. The predicted molar refractivity (Wildman–Crippen MR) is 81.1 cm³/mol. The zero-order valence-corrected chi connectivity index (χ0v) is 12.0. The Labute approximate surface area is 114 Å². The van der Waals surface area contributed by atoms with E-state index in [1.54, 1.807) is 0 Å². The van der Waals surface area contributed by atoms with Gasteiger partial charge in [0.15, 0.2) is 0 Å². The summed E-state index contributed by atoms with van der Waals surface area (Å²) in [5.41, 5.74) is 4.12. The van der Waals surface area contributed by atoms with Gasteiger partial charge in [0.25, 0.3) is 0 Å². The molecule has 0 aliphatic carbocycles. The van der Waals surface area contributed by atoms with Crippen molar-refractivity contribution in [2.24, 2.45) is 0 Å². The molecule has 0 radical (unpaired) electrons. The molecule has 2 heteroatoms. The van der Waals surface area contributed by atoms with Crippen LogP contribution in [-0.2, 0) is 13.0 Å². The summed E-state index contributed by atoms with van der Waals surface area (Å²) in [6.45, 7) is 3.20. The topological polar surface area (TPSA) is 12.0 Å². The van der Waals surface area contributed by atoms with E-state index in [9.17, 15) is 0 Å². The van der Waals surface area contributed by atoms with Gasteiger partial charge in [0.2, 0.25) is 0 Å². The zero-order valence-electron chi connectivity index (χ0n) is 11.2. The second kappa shape index (κ2) is 6.72. The number of aryl methyl sites for hydroxylation is 1. The van der Waals surface area contributed by atoms with Gasteiger partial charge < -0.3 is 5.32 Å². The molecule has 0 fully saturated rings. The summed E-state index contributed by atoms with van der Waals surface area (Å²) in [4.78, 5) is 1.39. The summed E-state index contributed by atoms with van der Waals surface area (Å²) < 4.78 is 0. The average Bonchev–Trinajstić information content (AvgIpc) is 2.86. The van der Waals surface area contributed by atoms with Crippen LogP contribution in [0.2, 0.25) is 0 Å². The summed E-state index contributed by atoms with van der Waals surface area (Å²) in [5, 5.41) is 5.44. The molecule has 0 aliphatic heterocycles. The minimum atomic E-state index is 0.958. The second-order valence-electron chi connectivity index (χ2n) is 4.63. The van der Waals surface area contributed by atoms with Gasteiger partial charge in [-0.15, -0.1) is 11.3 Å². The molecule has 2 aromatic rings. The summed E-state index contributed by atoms with van der Waals surface area (Å²) in [7, 11) is 1.99. The Bertz CT molecular complexity index is 470. The molecule has 0 atom stereocenters. The van der Waals surface area contributed by atoms with E-state index >= 15 is 0 Å². The SMILES string of the molecule is CCCCc1ccc(-c2csc(CNC)c2)cc1. The van der Waals surface area contributed by atoms with Crippen LogP contribution in [-0.4, -0.2) is 7.05 Å². The quantitative estimate of drug-likeness (QED) is 0.806. The molecule has 2 rings (SSSR count). The highest BCUT2D eigenvalue weighted by molar-refractivity contribution is 7.10. The molecule has 1 nitrogen and oxygen atoms in total. The average molecular weight is 259 g/mol. The van der Waals surface area contributed by atoms with Crippen molar-refractivity contribution in [3.05, 3.63) is 46.2 Å². The number of hydrogen-bond acceptors (Lipinski definition) is 2. The molecule has 1 aromatic heterocycles. The van der Waals surface area contributed by atoms with Crippen molar-refractivity contribution in [3.63, 3.8) is 0 Å². The van der Waals surface area contributed by atoms with E-state index in [4.69, 9.17) is 0 Å². The molecule has 0 saturated heterocycles. The summed E-state index contributed by atoms with van der Waals surface area (Å²) in [5.74, 6) is 0. The molecule has 0 spiro atoms. The van der Waals surface area contributed by atoms with Gasteiger partial charge in [0.1, 0.15) is 0 Å². The van der Waals surface area contributed by atoms with Crippen molar-refractivity contribution in [1.29, 1.82) is 0 Å². The first-order valence-electron chi connectivity index (χ1n) is 6.64. The summed E-state index contributed by atoms with van der Waals surface area (Å²) in [6, 6.07) is 11.3. The first-order valence-corrected chi connectivity index (χ1v) is 7.52. The maximum absolute atomic E-state index is 3.19. The molecule has 1 N–H and O–H groups in total. The summed E-state index contributed by atoms with van der Waals surface area (Å²) >= 11 is 1.82. The van der Waals surface area contributed by atoms with Crippen LogP contribution in [0.5, 0.6) is 0 Å². The van der Waals surface area contributed by atoms with Crippen LogP contribution in [0.3, 0.4) is 0 Å². The lowest BCUT2D eigenvalue weighted by molar-refractivity contribution is 0.795. The standard InChI is InChI=1S/C16H21NS/c1-3-4-5-13-6-8-14(9-7-13)15-10-16(11-17-2)18-12-15/h6-10,12,17H,3-5,11H2,1-2H3. The van der Waals surface area contributed by atoms with E-state index in [1.807, 2.05) is 18.4 Å². The maximum atomic E-state index is 3.19. The lowest BCUT2D eigenvalue weighted by Crippen LogP contribution is -2.02. The highest BCUT2D eigenvalue weighted by Crippen LogP contribution is 2.26. The monoisotopic (exact) mass is 259 g/mol. The third-order valence-electron chi connectivity index (χ3n) is 3.11.